The number of aliphatic hydroxyl groups is 2. The number of carbonyl (C=O) groups is 2. The first-order valence-corrected chi connectivity index (χ1v) is 2.97. The Bertz CT molecular complexity index is 213. The molecule has 4 N–H and O–H groups in total. The molecule has 1 aliphatic heterocycles. The second-order valence-electron chi connectivity index (χ2n) is 2.48. The van der Waals surface area contributed by atoms with Crippen LogP contribution in [0.2, 0.25) is 0 Å². The van der Waals surface area contributed by atoms with Crippen LogP contribution in [-0.4, -0.2) is 34.0 Å². The van der Waals surface area contributed by atoms with Gasteiger partial charge in [-0.15, -0.1) is 0 Å². The molecule has 0 unspecified atom stereocenters. The lowest BCUT2D eigenvalue weighted by molar-refractivity contribution is -0.153. The maximum Gasteiger partial charge on any atom is 0.323 e. The number of carbonyl (C=O) groups excluding carboxylic acids is 2. The van der Waals surface area contributed by atoms with E-state index in [0.29, 0.717) is 0 Å². The van der Waals surface area contributed by atoms with Gasteiger partial charge in [0.1, 0.15) is 0 Å². The first-order chi connectivity index (χ1) is 4.94. The number of urea groups is 1. The molecule has 1 saturated heterocycles. The molecule has 62 valence electrons. The number of rotatable bonds is 0. The molecule has 1 aliphatic rings. The van der Waals surface area contributed by atoms with Crippen molar-refractivity contribution in [2.24, 2.45) is 0 Å². The quantitative estimate of drug-likeness (QED) is 0.326. The molecule has 0 aliphatic carbocycles. The smallest absolute Gasteiger partial charge is 0.323 e. The Morgan fingerprint density at radius 2 is 2.09 bits per heavy atom. The lowest BCUT2D eigenvalue weighted by Crippen LogP contribution is -2.67. The molecule has 0 aromatic carbocycles. The van der Waals surface area contributed by atoms with Gasteiger partial charge < -0.3 is 15.5 Å². The molecule has 1 fully saturated rings. The fraction of sp³-hybridized carbons (Fsp3) is 0.600. The lowest BCUT2D eigenvalue weighted by Gasteiger charge is -2.32. The number of imide groups is 1. The van der Waals surface area contributed by atoms with E-state index in [0.717, 1.165) is 6.92 Å². The van der Waals surface area contributed by atoms with Crippen LogP contribution < -0.4 is 10.6 Å². The van der Waals surface area contributed by atoms with Crippen molar-refractivity contribution in [3.63, 3.8) is 0 Å². The van der Waals surface area contributed by atoms with E-state index in [1.807, 2.05) is 5.32 Å². The standard InChI is InChI=1S/C5H8N2O4/c1-5(11)2(8)6-4(10)7-3(5)9/h2,8,11H,1H3,(H2,6,7,9,10)/t2-,5-/m0/s1. The SMILES string of the molecule is C[C@@]1(O)C(=O)NC(=O)N[C@H]1O. The van der Waals surface area contributed by atoms with E-state index >= 15 is 0 Å². The zero-order valence-electron chi connectivity index (χ0n) is 5.79. The van der Waals surface area contributed by atoms with Gasteiger partial charge >= 0.3 is 6.03 Å². The Kier molecular flexibility index (Phi) is 1.57. The van der Waals surface area contributed by atoms with Crippen molar-refractivity contribution in [3.8, 4) is 0 Å². The molecule has 6 nitrogen and oxygen atoms in total. The predicted molar refractivity (Wildman–Crippen MR) is 33.3 cm³/mol. The monoisotopic (exact) mass is 160 g/mol. The third-order valence-corrected chi connectivity index (χ3v) is 1.49. The van der Waals surface area contributed by atoms with Crippen molar-refractivity contribution < 1.29 is 19.8 Å². The first kappa shape index (κ1) is 7.96. The van der Waals surface area contributed by atoms with Crippen LogP contribution in [0, 0.1) is 0 Å². The van der Waals surface area contributed by atoms with Crippen LogP contribution in [-0.2, 0) is 4.79 Å². The Balaban J connectivity index is 2.84. The third-order valence-electron chi connectivity index (χ3n) is 1.49. The van der Waals surface area contributed by atoms with Crippen LogP contribution in [0.3, 0.4) is 0 Å². The van der Waals surface area contributed by atoms with Crippen molar-refractivity contribution in [3.05, 3.63) is 0 Å². The largest absolute Gasteiger partial charge is 0.376 e. The first-order valence-electron chi connectivity index (χ1n) is 2.97. The van der Waals surface area contributed by atoms with E-state index in [9.17, 15) is 9.59 Å². The summed E-state index contributed by atoms with van der Waals surface area (Å²) in [6.07, 6.45) is -1.55. The molecule has 6 heteroatoms. The summed E-state index contributed by atoms with van der Waals surface area (Å²) in [5.74, 6) is -0.909. The topological polar surface area (TPSA) is 98.7 Å². The molecular weight excluding hydrogens is 152 g/mol. The highest BCUT2D eigenvalue weighted by Gasteiger charge is 2.44. The van der Waals surface area contributed by atoms with E-state index in [1.54, 1.807) is 5.32 Å². The van der Waals surface area contributed by atoms with Gasteiger partial charge in [0.15, 0.2) is 11.8 Å². The minimum Gasteiger partial charge on any atom is -0.376 e. The predicted octanol–water partition coefficient (Wildman–Crippen LogP) is -2.10. The van der Waals surface area contributed by atoms with Gasteiger partial charge in [-0.05, 0) is 6.92 Å². The highest BCUT2D eigenvalue weighted by molar-refractivity contribution is 6.01. The second-order valence-corrected chi connectivity index (χ2v) is 2.48. The maximum atomic E-state index is 10.8. The van der Waals surface area contributed by atoms with Gasteiger partial charge in [0, 0.05) is 0 Å². The molecule has 0 bridgehead atoms. The average Bonchev–Trinajstić information content (AvgIpc) is 1.84. The summed E-state index contributed by atoms with van der Waals surface area (Å²) >= 11 is 0. The molecule has 0 spiro atoms. The third kappa shape index (κ3) is 1.17. The molecule has 0 aromatic heterocycles. The molecule has 1 rings (SSSR count). The van der Waals surface area contributed by atoms with E-state index in [-0.39, 0.29) is 0 Å². The normalized spacial score (nSPS) is 37.9. The van der Waals surface area contributed by atoms with E-state index in [2.05, 4.69) is 0 Å². The summed E-state index contributed by atoms with van der Waals surface area (Å²) in [6, 6.07) is -0.811. The van der Waals surface area contributed by atoms with Crippen molar-refractivity contribution >= 4 is 11.9 Å². The Hall–Kier alpha value is -1.14. The van der Waals surface area contributed by atoms with Crippen molar-refractivity contribution in [1.29, 1.82) is 0 Å². The van der Waals surface area contributed by atoms with Gasteiger partial charge in [-0.25, -0.2) is 4.79 Å². The molecule has 3 amide bonds. The zero-order valence-corrected chi connectivity index (χ0v) is 5.79. The summed E-state index contributed by atoms with van der Waals surface area (Å²) < 4.78 is 0. The van der Waals surface area contributed by atoms with Crippen molar-refractivity contribution in [1.82, 2.24) is 10.6 Å². The molecule has 1 heterocycles. The van der Waals surface area contributed by atoms with Gasteiger partial charge in [0.2, 0.25) is 0 Å². The number of aliphatic hydroxyl groups excluding tert-OH is 1. The highest BCUT2D eigenvalue weighted by atomic mass is 16.4. The molecule has 0 aromatic rings. The molecule has 2 atom stereocenters. The van der Waals surface area contributed by atoms with Crippen LogP contribution >= 0.6 is 0 Å². The fourth-order valence-electron chi connectivity index (χ4n) is 0.655. The summed E-state index contributed by atoms with van der Waals surface area (Å²) in [5, 5.41) is 21.8. The number of hydrogen-bond donors (Lipinski definition) is 4. The summed E-state index contributed by atoms with van der Waals surface area (Å²) in [7, 11) is 0. The number of nitrogens with one attached hydrogen (secondary N) is 2. The van der Waals surface area contributed by atoms with E-state index in [4.69, 9.17) is 10.2 Å². The van der Waals surface area contributed by atoms with Gasteiger partial charge in [-0.1, -0.05) is 0 Å². The Morgan fingerprint density at radius 1 is 1.55 bits per heavy atom. The molecule has 0 radical (unpaired) electrons. The molecular formula is C5H8N2O4. The van der Waals surface area contributed by atoms with Crippen LogP contribution in [0.25, 0.3) is 0 Å². The van der Waals surface area contributed by atoms with Gasteiger partial charge in [0.25, 0.3) is 5.91 Å². The minimum atomic E-state index is -1.95. The Labute approximate surface area is 62.2 Å². The highest BCUT2D eigenvalue weighted by Crippen LogP contribution is 2.10. The van der Waals surface area contributed by atoms with Crippen LogP contribution in [0.1, 0.15) is 6.92 Å². The number of amides is 3. The van der Waals surface area contributed by atoms with Crippen LogP contribution in [0.4, 0.5) is 4.79 Å². The second kappa shape index (κ2) is 2.18. The van der Waals surface area contributed by atoms with Gasteiger partial charge in [-0.2, -0.15) is 0 Å². The summed E-state index contributed by atoms with van der Waals surface area (Å²) in [6.45, 7) is 1.10. The van der Waals surface area contributed by atoms with Crippen LogP contribution in [0.5, 0.6) is 0 Å². The average molecular weight is 160 g/mol. The van der Waals surface area contributed by atoms with Gasteiger partial charge in [-0.3, -0.25) is 10.1 Å². The zero-order chi connectivity index (χ0) is 8.65. The molecule has 0 saturated carbocycles. The van der Waals surface area contributed by atoms with Crippen molar-refractivity contribution in [2.45, 2.75) is 18.8 Å². The van der Waals surface area contributed by atoms with Gasteiger partial charge in [0.05, 0.1) is 0 Å². The molecule has 11 heavy (non-hydrogen) atoms. The summed E-state index contributed by atoms with van der Waals surface area (Å²) in [5.41, 5.74) is -1.95. The summed E-state index contributed by atoms with van der Waals surface area (Å²) in [4.78, 5) is 21.2. The van der Waals surface area contributed by atoms with Crippen molar-refractivity contribution in [2.75, 3.05) is 0 Å². The van der Waals surface area contributed by atoms with E-state index in [1.165, 1.54) is 0 Å². The minimum absolute atomic E-state index is 0.811. The fourth-order valence-corrected chi connectivity index (χ4v) is 0.655. The van der Waals surface area contributed by atoms with E-state index < -0.39 is 23.8 Å². The Morgan fingerprint density at radius 3 is 2.55 bits per heavy atom. The number of hydrogen-bond acceptors (Lipinski definition) is 4. The van der Waals surface area contributed by atoms with Crippen LogP contribution in [0.15, 0.2) is 0 Å². The lowest BCUT2D eigenvalue weighted by atomic mass is 10.0. The maximum absolute atomic E-state index is 10.8.